The fourth-order valence-electron chi connectivity index (χ4n) is 2.59. The number of esters is 1. The van der Waals surface area contributed by atoms with Crippen molar-refractivity contribution in [3.8, 4) is 0 Å². The Kier molecular flexibility index (Phi) is 7.57. The van der Waals surface area contributed by atoms with Crippen LogP contribution in [0.2, 0.25) is 0 Å². The minimum absolute atomic E-state index is 0.0278. The van der Waals surface area contributed by atoms with E-state index in [0.29, 0.717) is 15.4 Å². The maximum Gasteiger partial charge on any atom is 0.341 e. The second-order valence-corrected chi connectivity index (χ2v) is 7.03. The van der Waals surface area contributed by atoms with Crippen LogP contribution in [0.25, 0.3) is 0 Å². The predicted octanol–water partition coefficient (Wildman–Crippen LogP) is 3.21. The van der Waals surface area contributed by atoms with E-state index in [9.17, 15) is 14.4 Å². The fourth-order valence-corrected chi connectivity index (χ4v) is 3.75. The Morgan fingerprint density at radius 1 is 1.11 bits per heavy atom. The molecule has 1 aromatic carbocycles. The molecular formula is C20H25N3O4S. The summed E-state index contributed by atoms with van der Waals surface area (Å²) in [6.45, 7) is 5.67. The van der Waals surface area contributed by atoms with Crippen LogP contribution in [-0.2, 0) is 16.0 Å². The normalized spacial score (nSPS) is 10.3. The average molecular weight is 404 g/mol. The van der Waals surface area contributed by atoms with Crippen molar-refractivity contribution in [2.45, 2.75) is 27.2 Å². The molecule has 8 heteroatoms. The van der Waals surface area contributed by atoms with Gasteiger partial charge in [0.05, 0.1) is 23.6 Å². The van der Waals surface area contributed by atoms with Gasteiger partial charge in [0.15, 0.2) is 0 Å². The number of anilines is 2. The molecule has 7 nitrogen and oxygen atoms in total. The third kappa shape index (κ3) is 5.10. The van der Waals surface area contributed by atoms with Crippen molar-refractivity contribution in [1.29, 1.82) is 0 Å². The number of hydrogen-bond donors (Lipinski definition) is 3. The van der Waals surface area contributed by atoms with Gasteiger partial charge in [0.2, 0.25) is 5.91 Å². The first-order valence-electron chi connectivity index (χ1n) is 9.06. The van der Waals surface area contributed by atoms with E-state index in [1.165, 1.54) is 12.6 Å². The van der Waals surface area contributed by atoms with Gasteiger partial charge in [-0.3, -0.25) is 9.59 Å². The van der Waals surface area contributed by atoms with Crippen LogP contribution >= 0.6 is 11.3 Å². The van der Waals surface area contributed by atoms with E-state index in [-0.39, 0.29) is 30.5 Å². The first-order valence-corrected chi connectivity index (χ1v) is 9.88. The number of thiophene rings is 1. The van der Waals surface area contributed by atoms with Crippen molar-refractivity contribution >= 4 is 39.8 Å². The zero-order valence-electron chi connectivity index (χ0n) is 16.5. The number of nitrogens with one attached hydrogen (secondary N) is 3. The minimum Gasteiger partial charge on any atom is -0.462 e. The first kappa shape index (κ1) is 21.4. The third-order valence-corrected chi connectivity index (χ3v) is 5.33. The van der Waals surface area contributed by atoms with Gasteiger partial charge in [-0.15, -0.1) is 11.3 Å². The standard InChI is InChI=1S/C20H25N3O4S/c1-5-13-7-9-14(10-8-13)22-11-15(24)23-19-16(20(26)27-6-2)12(3)17(28-19)18(25)21-4/h7-10,22H,5-6,11H2,1-4H3,(H,21,25)(H,23,24). The van der Waals surface area contributed by atoms with Crippen LogP contribution in [0.4, 0.5) is 10.7 Å². The van der Waals surface area contributed by atoms with Gasteiger partial charge >= 0.3 is 5.97 Å². The minimum atomic E-state index is -0.565. The monoisotopic (exact) mass is 403 g/mol. The van der Waals surface area contributed by atoms with Crippen LogP contribution in [-0.4, -0.2) is 38.0 Å². The van der Waals surface area contributed by atoms with Gasteiger partial charge in [-0.2, -0.15) is 0 Å². The molecule has 0 radical (unpaired) electrons. The zero-order chi connectivity index (χ0) is 20.7. The average Bonchev–Trinajstić information content (AvgIpc) is 3.02. The van der Waals surface area contributed by atoms with Crippen LogP contribution in [0.15, 0.2) is 24.3 Å². The third-order valence-electron chi connectivity index (χ3n) is 4.13. The van der Waals surface area contributed by atoms with Gasteiger partial charge in [0.25, 0.3) is 5.91 Å². The lowest BCUT2D eigenvalue weighted by Crippen LogP contribution is -2.22. The molecule has 2 amide bonds. The van der Waals surface area contributed by atoms with Crippen molar-refractivity contribution < 1.29 is 19.1 Å². The van der Waals surface area contributed by atoms with Gasteiger partial charge in [-0.1, -0.05) is 19.1 Å². The molecule has 2 aromatic rings. The lowest BCUT2D eigenvalue weighted by Gasteiger charge is -2.09. The highest BCUT2D eigenvalue weighted by atomic mass is 32.1. The molecule has 0 bridgehead atoms. The van der Waals surface area contributed by atoms with Crippen LogP contribution in [0.1, 0.15) is 45.0 Å². The summed E-state index contributed by atoms with van der Waals surface area (Å²) in [6, 6.07) is 7.82. The van der Waals surface area contributed by atoms with Crippen LogP contribution < -0.4 is 16.0 Å². The highest BCUT2D eigenvalue weighted by Gasteiger charge is 2.26. The summed E-state index contributed by atoms with van der Waals surface area (Å²) in [7, 11) is 1.51. The number of hydrogen-bond acceptors (Lipinski definition) is 6. The highest BCUT2D eigenvalue weighted by Crippen LogP contribution is 2.33. The number of carbonyl (C=O) groups is 3. The molecule has 0 atom stereocenters. The summed E-state index contributed by atoms with van der Waals surface area (Å²) >= 11 is 1.06. The summed E-state index contributed by atoms with van der Waals surface area (Å²) in [5, 5.41) is 8.61. The smallest absolute Gasteiger partial charge is 0.341 e. The maximum atomic E-state index is 12.4. The van der Waals surface area contributed by atoms with Crippen LogP contribution in [0, 0.1) is 6.92 Å². The quantitative estimate of drug-likeness (QED) is 0.588. The zero-order valence-corrected chi connectivity index (χ0v) is 17.3. The molecule has 0 fully saturated rings. The van der Waals surface area contributed by atoms with E-state index in [2.05, 4.69) is 22.9 Å². The van der Waals surface area contributed by atoms with E-state index in [4.69, 9.17) is 4.74 Å². The van der Waals surface area contributed by atoms with E-state index < -0.39 is 5.97 Å². The summed E-state index contributed by atoms with van der Waals surface area (Å²) in [4.78, 5) is 37.1. The predicted molar refractivity (Wildman–Crippen MR) is 111 cm³/mol. The number of rotatable bonds is 8. The number of ether oxygens (including phenoxy) is 1. The van der Waals surface area contributed by atoms with E-state index in [1.54, 1.807) is 13.8 Å². The highest BCUT2D eigenvalue weighted by molar-refractivity contribution is 7.18. The SMILES string of the molecule is CCOC(=O)c1c(NC(=O)CNc2ccc(CC)cc2)sc(C(=O)NC)c1C. The molecule has 0 aliphatic carbocycles. The lowest BCUT2D eigenvalue weighted by molar-refractivity contribution is -0.114. The van der Waals surface area contributed by atoms with Gasteiger partial charge in [0.1, 0.15) is 5.00 Å². The van der Waals surface area contributed by atoms with Crippen molar-refractivity contribution in [1.82, 2.24) is 5.32 Å². The van der Waals surface area contributed by atoms with E-state index in [1.807, 2.05) is 24.3 Å². The Hall–Kier alpha value is -2.87. The fraction of sp³-hybridized carbons (Fsp3) is 0.350. The van der Waals surface area contributed by atoms with Gasteiger partial charge in [-0.25, -0.2) is 4.79 Å². The summed E-state index contributed by atoms with van der Waals surface area (Å²) in [6.07, 6.45) is 0.947. The molecule has 0 aliphatic heterocycles. The van der Waals surface area contributed by atoms with E-state index in [0.717, 1.165) is 23.4 Å². The molecule has 0 saturated carbocycles. The lowest BCUT2D eigenvalue weighted by atomic mass is 10.1. The number of amides is 2. The Balaban J connectivity index is 2.15. The topological polar surface area (TPSA) is 96.5 Å². The van der Waals surface area contributed by atoms with Crippen molar-refractivity contribution in [3.05, 3.63) is 45.8 Å². The molecule has 3 N–H and O–H groups in total. The van der Waals surface area contributed by atoms with Crippen LogP contribution in [0.3, 0.4) is 0 Å². The number of aryl methyl sites for hydroxylation is 1. The number of carbonyl (C=O) groups excluding carboxylic acids is 3. The molecule has 0 spiro atoms. The van der Waals surface area contributed by atoms with Crippen molar-refractivity contribution in [2.75, 3.05) is 30.8 Å². The van der Waals surface area contributed by atoms with Crippen LogP contribution in [0.5, 0.6) is 0 Å². The molecule has 1 heterocycles. The molecule has 0 unspecified atom stereocenters. The van der Waals surface area contributed by atoms with E-state index >= 15 is 0 Å². The molecule has 0 saturated heterocycles. The second kappa shape index (κ2) is 9.89. The molecule has 1 aromatic heterocycles. The molecule has 2 rings (SSSR count). The Morgan fingerprint density at radius 2 is 1.79 bits per heavy atom. The summed E-state index contributed by atoms with van der Waals surface area (Å²) < 4.78 is 5.08. The molecular weight excluding hydrogens is 378 g/mol. The molecule has 0 aliphatic rings. The van der Waals surface area contributed by atoms with Gasteiger partial charge in [0, 0.05) is 12.7 Å². The largest absolute Gasteiger partial charge is 0.462 e. The van der Waals surface area contributed by atoms with Crippen molar-refractivity contribution in [2.24, 2.45) is 0 Å². The van der Waals surface area contributed by atoms with Crippen molar-refractivity contribution in [3.63, 3.8) is 0 Å². The summed E-state index contributed by atoms with van der Waals surface area (Å²) in [5.41, 5.74) is 2.74. The Labute approximate surface area is 168 Å². The Bertz CT molecular complexity index is 859. The first-order chi connectivity index (χ1) is 13.4. The molecule has 150 valence electrons. The van der Waals surface area contributed by atoms with Gasteiger partial charge in [-0.05, 0) is 43.5 Å². The second-order valence-electron chi connectivity index (χ2n) is 6.01. The number of benzene rings is 1. The van der Waals surface area contributed by atoms with Gasteiger partial charge < -0.3 is 20.7 Å². The Morgan fingerprint density at radius 3 is 2.36 bits per heavy atom. The molecule has 28 heavy (non-hydrogen) atoms. The maximum absolute atomic E-state index is 12.4. The summed E-state index contributed by atoms with van der Waals surface area (Å²) in [5.74, 6) is -1.21.